The van der Waals surface area contributed by atoms with Crippen LogP contribution in [0.4, 0.5) is 9.52 Å². The summed E-state index contributed by atoms with van der Waals surface area (Å²) in [7, 11) is 0. The first-order valence-corrected chi connectivity index (χ1v) is 13.0. The molecule has 2 aromatic carbocycles. The van der Waals surface area contributed by atoms with Crippen LogP contribution in [0.3, 0.4) is 0 Å². The summed E-state index contributed by atoms with van der Waals surface area (Å²) in [6.45, 7) is 9.64. The molecule has 4 rings (SSSR count). The molecule has 0 bridgehead atoms. The van der Waals surface area contributed by atoms with Crippen molar-refractivity contribution in [2.45, 2.75) is 26.8 Å². The molecule has 0 radical (unpaired) electrons. The molecule has 8 nitrogen and oxygen atoms in total. The van der Waals surface area contributed by atoms with Gasteiger partial charge in [-0.05, 0) is 54.8 Å². The zero-order valence-corrected chi connectivity index (χ0v) is 22.5. The van der Waals surface area contributed by atoms with Gasteiger partial charge >= 0.3 is 11.9 Å². The SMILES string of the molecule is C=CCOC(=O)c1sc(N2C(=O)C(=O)/C(=C(/O)c3ccc(OCC(C)C)cc3)C2c2ccc(F)cc2)nc1C. The number of benzene rings is 2. The lowest BCUT2D eigenvalue weighted by Gasteiger charge is -2.23. The number of aliphatic hydroxyl groups is 1. The number of carbonyl (C=O) groups excluding carboxylic acids is 3. The van der Waals surface area contributed by atoms with Crippen LogP contribution >= 0.6 is 11.3 Å². The van der Waals surface area contributed by atoms with Crippen LogP contribution < -0.4 is 9.64 Å². The standard InChI is InChI=1S/C29H27FN2O6S/c1-5-14-37-28(36)26-17(4)31-29(39-26)32-23(18-6-10-20(30)11-7-18)22(25(34)27(32)35)24(33)19-8-12-21(13-9-19)38-15-16(2)3/h5-13,16,23,33H,1,14-15H2,2-4H3/b24-22+. The number of anilines is 1. The molecule has 2 heterocycles. The number of thiazole rings is 1. The van der Waals surface area contributed by atoms with Crippen molar-refractivity contribution in [2.75, 3.05) is 18.1 Å². The van der Waals surface area contributed by atoms with Crippen LogP contribution in [-0.4, -0.2) is 41.0 Å². The molecule has 1 atom stereocenters. The number of carbonyl (C=O) groups is 3. The number of aryl methyl sites for hydroxylation is 1. The summed E-state index contributed by atoms with van der Waals surface area (Å²) >= 11 is 0.880. The summed E-state index contributed by atoms with van der Waals surface area (Å²) < 4.78 is 24.6. The fourth-order valence-corrected chi connectivity index (χ4v) is 4.98. The fraction of sp³-hybridized carbons (Fsp3) is 0.241. The molecule has 1 amide bonds. The van der Waals surface area contributed by atoms with E-state index < -0.39 is 35.3 Å². The lowest BCUT2D eigenvalue weighted by atomic mass is 9.95. The van der Waals surface area contributed by atoms with Crippen molar-refractivity contribution < 1.29 is 33.4 Å². The number of aliphatic hydroxyl groups excluding tert-OH is 1. The first-order chi connectivity index (χ1) is 18.6. The zero-order valence-electron chi connectivity index (χ0n) is 21.6. The second-order valence-corrected chi connectivity index (χ2v) is 10.2. The molecule has 1 aliphatic heterocycles. The molecule has 1 unspecified atom stereocenters. The molecule has 1 N–H and O–H groups in total. The van der Waals surface area contributed by atoms with Crippen LogP contribution in [0.15, 0.2) is 66.8 Å². The third kappa shape index (κ3) is 5.75. The van der Waals surface area contributed by atoms with Gasteiger partial charge in [0.1, 0.15) is 28.8 Å². The van der Waals surface area contributed by atoms with E-state index in [4.69, 9.17) is 9.47 Å². The molecular weight excluding hydrogens is 523 g/mol. The Labute approximate surface area is 229 Å². The summed E-state index contributed by atoms with van der Waals surface area (Å²) in [5, 5.41) is 11.3. The largest absolute Gasteiger partial charge is 0.507 e. The predicted molar refractivity (Wildman–Crippen MR) is 145 cm³/mol. The van der Waals surface area contributed by atoms with Crippen molar-refractivity contribution in [3.8, 4) is 5.75 Å². The average molecular weight is 551 g/mol. The first-order valence-electron chi connectivity index (χ1n) is 12.2. The molecule has 202 valence electrons. The van der Waals surface area contributed by atoms with Gasteiger partial charge in [0.15, 0.2) is 5.13 Å². The first kappa shape index (κ1) is 27.7. The highest BCUT2D eigenvalue weighted by atomic mass is 32.1. The summed E-state index contributed by atoms with van der Waals surface area (Å²) in [6, 6.07) is 10.6. The number of esters is 1. The van der Waals surface area contributed by atoms with E-state index in [1.165, 1.54) is 30.3 Å². The number of hydrogen-bond acceptors (Lipinski definition) is 8. The maximum absolute atomic E-state index is 13.8. The Balaban J connectivity index is 1.80. The maximum atomic E-state index is 13.8. The van der Waals surface area contributed by atoms with Gasteiger partial charge in [-0.3, -0.25) is 14.5 Å². The Hall–Kier alpha value is -4.31. The van der Waals surface area contributed by atoms with Gasteiger partial charge < -0.3 is 14.6 Å². The molecule has 1 fully saturated rings. The molecule has 3 aromatic rings. The molecule has 1 saturated heterocycles. The Morgan fingerprint density at radius 1 is 1.18 bits per heavy atom. The van der Waals surface area contributed by atoms with Gasteiger partial charge in [-0.25, -0.2) is 14.2 Å². The molecule has 0 aliphatic carbocycles. The van der Waals surface area contributed by atoms with E-state index in [-0.39, 0.29) is 22.2 Å². The number of ketones is 1. The highest BCUT2D eigenvalue weighted by Crippen LogP contribution is 2.44. The Morgan fingerprint density at radius 2 is 1.85 bits per heavy atom. The van der Waals surface area contributed by atoms with Gasteiger partial charge in [-0.2, -0.15) is 0 Å². The smallest absolute Gasteiger partial charge is 0.350 e. The molecule has 10 heteroatoms. The van der Waals surface area contributed by atoms with E-state index in [1.807, 2.05) is 13.8 Å². The van der Waals surface area contributed by atoms with Crippen molar-refractivity contribution in [3.05, 3.63) is 94.3 Å². The van der Waals surface area contributed by atoms with E-state index in [2.05, 4.69) is 11.6 Å². The number of nitrogens with zero attached hydrogens (tertiary/aromatic N) is 2. The molecular formula is C29H27FN2O6S. The van der Waals surface area contributed by atoms with Gasteiger partial charge in [0.25, 0.3) is 5.78 Å². The van der Waals surface area contributed by atoms with Crippen LogP contribution in [0.5, 0.6) is 5.75 Å². The average Bonchev–Trinajstić information content (AvgIpc) is 3.43. The number of rotatable bonds is 9. The topological polar surface area (TPSA) is 106 Å². The van der Waals surface area contributed by atoms with E-state index in [0.29, 0.717) is 35.1 Å². The van der Waals surface area contributed by atoms with E-state index in [1.54, 1.807) is 31.2 Å². The third-order valence-electron chi connectivity index (χ3n) is 5.85. The molecule has 0 spiro atoms. The summed E-state index contributed by atoms with van der Waals surface area (Å²) in [5.74, 6) is -2.53. The monoisotopic (exact) mass is 550 g/mol. The van der Waals surface area contributed by atoms with Gasteiger partial charge in [-0.15, -0.1) is 0 Å². The minimum atomic E-state index is -1.12. The lowest BCUT2D eigenvalue weighted by molar-refractivity contribution is -0.132. The highest BCUT2D eigenvalue weighted by Gasteiger charge is 2.48. The molecule has 1 aliphatic rings. The summed E-state index contributed by atoms with van der Waals surface area (Å²) in [4.78, 5) is 44.8. The number of ether oxygens (including phenoxy) is 2. The second kappa shape index (κ2) is 11.6. The van der Waals surface area contributed by atoms with Gasteiger partial charge in [0, 0.05) is 5.56 Å². The van der Waals surface area contributed by atoms with Gasteiger partial charge in [0.2, 0.25) is 0 Å². The van der Waals surface area contributed by atoms with Crippen LogP contribution in [0.25, 0.3) is 5.76 Å². The van der Waals surface area contributed by atoms with Crippen LogP contribution in [0.1, 0.15) is 46.4 Å². The minimum Gasteiger partial charge on any atom is -0.507 e. The normalized spacial score (nSPS) is 16.5. The van der Waals surface area contributed by atoms with E-state index >= 15 is 0 Å². The Morgan fingerprint density at radius 3 is 2.46 bits per heavy atom. The van der Waals surface area contributed by atoms with E-state index in [9.17, 15) is 23.9 Å². The third-order valence-corrected chi connectivity index (χ3v) is 6.99. The number of aromatic nitrogens is 1. The van der Waals surface area contributed by atoms with Crippen LogP contribution in [-0.2, 0) is 14.3 Å². The maximum Gasteiger partial charge on any atom is 0.350 e. The Bertz CT molecular complexity index is 1440. The van der Waals surface area contributed by atoms with Crippen LogP contribution in [0.2, 0.25) is 0 Å². The second-order valence-electron chi connectivity index (χ2n) is 9.25. The predicted octanol–water partition coefficient (Wildman–Crippen LogP) is 5.59. The van der Waals surface area contributed by atoms with Crippen molar-refractivity contribution in [2.24, 2.45) is 5.92 Å². The van der Waals surface area contributed by atoms with Gasteiger partial charge in [0.05, 0.1) is 23.9 Å². The minimum absolute atomic E-state index is 0.00704. The van der Waals surface area contributed by atoms with Crippen LogP contribution in [0, 0.1) is 18.7 Å². The van der Waals surface area contributed by atoms with Crippen molar-refractivity contribution in [3.63, 3.8) is 0 Å². The van der Waals surface area contributed by atoms with Gasteiger partial charge in [-0.1, -0.05) is 50.0 Å². The highest BCUT2D eigenvalue weighted by molar-refractivity contribution is 7.17. The van der Waals surface area contributed by atoms with Crippen molar-refractivity contribution >= 4 is 39.9 Å². The molecule has 1 aromatic heterocycles. The van der Waals surface area contributed by atoms with E-state index in [0.717, 1.165) is 16.2 Å². The number of amides is 1. The Kier molecular flexibility index (Phi) is 8.25. The zero-order chi connectivity index (χ0) is 28.3. The number of halogens is 1. The quantitative estimate of drug-likeness (QED) is 0.122. The van der Waals surface area contributed by atoms with Crippen molar-refractivity contribution in [1.82, 2.24) is 4.98 Å². The summed E-state index contributed by atoms with van der Waals surface area (Å²) in [5.41, 5.74) is 0.783. The molecule has 0 saturated carbocycles. The fourth-order valence-electron chi connectivity index (χ4n) is 3.99. The van der Waals surface area contributed by atoms with Crippen molar-refractivity contribution in [1.29, 1.82) is 0 Å². The number of hydrogen-bond donors (Lipinski definition) is 1. The summed E-state index contributed by atoms with van der Waals surface area (Å²) in [6.07, 6.45) is 1.42. The lowest BCUT2D eigenvalue weighted by Crippen LogP contribution is -2.29. The number of Topliss-reactive ketones (excluding diaryl/α,β-unsaturated/α-hetero) is 1. The molecule has 39 heavy (non-hydrogen) atoms.